The molecule has 1 N–H and O–H groups in total. The second-order valence-electron chi connectivity index (χ2n) is 3.57. The number of aromatic nitrogens is 3. The smallest absolute Gasteiger partial charge is 0.0736 e. The van der Waals surface area contributed by atoms with Crippen molar-refractivity contribution in [3.05, 3.63) is 36.3 Å². The van der Waals surface area contributed by atoms with E-state index < -0.39 is 0 Å². The molecule has 0 fully saturated rings. The van der Waals surface area contributed by atoms with Crippen molar-refractivity contribution >= 4 is 0 Å². The van der Waals surface area contributed by atoms with E-state index in [1.165, 1.54) is 0 Å². The Hall–Kier alpha value is -1.64. The summed E-state index contributed by atoms with van der Waals surface area (Å²) in [6.45, 7) is 4.28. The van der Waals surface area contributed by atoms with E-state index in [-0.39, 0.29) is 0 Å². The third-order valence-electron chi connectivity index (χ3n) is 2.19. The average Bonchev–Trinajstić information content (AvgIpc) is 2.67. The Bertz CT molecular complexity index is 403. The molecule has 0 radical (unpaired) electrons. The van der Waals surface area contributed by atoms with E-state index in [1.807, 2.05) is 24.4 Å². The number of H-pyrrole nitrogens is 1. The molecule has 0 aliphatic rings. The molecule has 3 heteroatoms. The van der Waals surface area contributed by atoms with Crippen LogP contribution < -0.4 is 0 Å². The van der Waals surface area contributed by atoms with Crippen LogP contribution in [0, 0.1) is 0 Å². The Balaban J connectivity index is 2.47. The van der Waals surface area contributed by atoms with Gasteiger partial charge in [-0.2, -0.15) is 5.10 Å². The van der Waals surface area contributed by atoms with Crippen molar-refractivity contribution < 1.29 is 0 Å². The first-order valence-electron chi connectivity index (χ1n) is 4.73. The van der Waals surface area contributed by atoms with Gasteiger partial charge in [0.1, 0.15) is 0 Å². The largest absolute Gasteiger partial charge is 0.282 e. The minimum atomic E-state index is 0.439. The number of aromatic amines is 1. The normalized spacial score (nSPS) is 10.8. The van der Waals surface area contributed by atoms with Crippen molar-refractivity contribution in [2.24, 2.45) is 0 Å². The van der Waals surface area contributed by atoms with Gasteiger partial charge in [0, 0.05) is 17.5 Å². The monoisotopic (exact) mass is 187 g/mol. The maximum Gasteiger partial charge on any atom is 0.0736 e. The van der Waals surface area contributed by atoms with E-state index in [0.29, 0.717) is 5.92 Å². The van der Waals surface area contributed by atoms with Gasteiger partial charge >= 0.3 is 0 Å². The summed E-state index contributed by atoms with van der Waals surface area (Å²) < 4.78 is 0. The zero-order valence-electron chi connectivity index (χ0n) is 8.36. The van der Waals surface area contributed by atoms with Crippen LogP contribution in [0.15, 0.2) is 30.6 Å². The molecule has 3 nitrogen and oxygen atoms in total. The molecule has 0 spiro atoms. The highest BCUT2D eigenvalue weighted by Gasteiger charge is 2.10. The molecule has 0 saturated heterocycles. The molecule has 0 amide bonds. The zero-order chi connectivity index (χ0) is 9.97. The number of nitrogens with one attached hydrogen (secondary N) is 1. The van der Waals surface area contributed by atoms with Gasteiger partial charge in [-0.15, -0.1) is 0 Å². The Labute approximate surface area is 83.2 Å². The first-order valence-corrected chi connectivity index (χ1v) is 4.73. The third kappa shape index (κ3) is 1.53. The number of hydrogen-bond donors (Lipinski definition) is 1. The fourth-order valence-electron chi connectivity index (χ4n) is 1.46. The number of hydrogen-bond acceptors (Lipinski definition) is 2. The summed E-state index contributed by atoms with van der Waals surface area (Å²) in [6.07, 6.45) is 3.63. The highest BCUT2D eigenvalue weighted by molar-refractivity contribution is 5.61. The third-order valence-corrected chi connectivity index (χ3v) is 2.19. The predicted octanol–water partition coefficient (Wildman–Crippen LogP) is 2.60. The minimum absolute atomic E-state index is 0.439. The van der Waals surface area contributed by atoms with Crippen molar-refractivity contribution in [2.75, 3.05) is 0 Å². The van der Waals surface area contributed by atoms with Gasteiger partial charge < -0.3 is 0 Å². The van der Waals surface area contributed by atoms with E-state index in [4.69, 9.17) is 0 Å². The molecule has 72 valence electrons. The molecule has 0 bridgehead atoms. The highest BCUT2D eigenvalue weighted by atomic mass is 15.1. The standard InChI is InChI=1S/C11H13N3/c1-8(2)11-9(7-13-14-11)10-5-3-4-6-12-10/h3-8H,1-2H3,(H,13,14). The Kier molecular flexibility index (Phi) is 2.31. The number of rotatable bonds is 2. The highest BCUT2D eigenvalue weighted by Crippen LogP contribution is 2.24. The fraction of sp³-hybridized carbons (Fsp3) is 0.273. The van der Waals surface area contributed by atoms with E-state index in [2.05, 4.69) is 29.0 Å². The van der Waals surface area contributed by atoms with Crippen LogP contribution in [0.25, 0.3) is 11.3 Å². The molecule has 14 heavy (non-hydrogen) atoms. The van der Waals surface area contributed by atoms with Gasteiger partial charge in [0.05, 0.1) is 11.9 Å². The van der Waals surface area contributed by atoms with Crippen molar-refractivity contribution in [2.45, 2.75) is 19.8 Å². The summed E-state index contributed by atoms with van der Waals surface area (Å²) in [5.41, 5.74) is 3.22. The second-order valence-corrected chi connectivity index (χ2v) is 3.57. The van der Waals surface area contributed by atoms with Crippen LogP contribution in [-0.2, 0) is 0 Å². The molecule has 2 heterocycles. The molecule has 0 aromatic carbocycles. The topological polar surface area (TPSA) is 41.6 Å². The van der Waals surface area contributed by atoms with E-state index in [9.17, 15) is 0 Å². The van der Waals surface area contributed by atoms with E-state index in [0.717, 1.165) is 17.0 Å². The summed E-state index contributed by atoms with van der Waals surface area (Å²) in [7, 11) is 0. The van der Waals surface area contributed by atoms with Crippen LogP contribution in [0.3, 0.4) is 0 Å². The molecular weight excluding hydrogens is 174 g/mol. The minimum Gasteiger partial charge on any atom is -0.282 e. The Morgan fingerprint density at radius 1 is 1.29 bits per heavy atom. The van der Waals surface area contributed by atoms with E-state index in [1.54, 1.807) is 6.20 Å². The van der Waals surface area contributed by atoms with Gasteiger partial charge in [-0.3, -0.25) is 10.1 Å². The lowest BCUT2D eigenvalue weighted by molar-refractivity contribution is 0.811. The quantitative estimate of drug-likeness (QED) is 0.785. The molecular formula is C11H13N3. The SMILES string of the molecule is CC(C)c1[nH]ncc1-c1ccccn1. The molecule has 0 atom stereocenters. The first-order chi connectivity index (χ1) is 6.79. The molecule has 2 rings (SSSR count). The second kappa shape index (κ2) is 3.62. The maximum absolute atomic E-state index is 4.30. The number of nitrogens with zero attached hydrogens (tertiary/aromatic N) is 2. The van der Waals surface area contributed by atoms with Crippen molar-refractivity contribution in [3.8, 4) is 11.3 Å². The summed E-state index contributed by atoms with van der Waals surface area (Å²) >= 11 is 0. The maximum atomic E-state index is 4.30. The summed E-state index contributed by atoms with van der Waals surface area (Å²) in [5.74, 6) is 0.439. The zero-order valence-corrected chi connectivity index (χ0v) is 8.36. The Morgan fingerprint density at radius 2 is 2.14 bits per heavy atom. The average molecular weight is 187 g/mol. The van der Waals surface area contributed by atoms with Gasteiger partial charge in [0.15, 0.2) is 0 Å². The molecule has 0 aliphatic carbocycles. The van der Waals surface area contributed by atoms with E-state index >= 15 is 0 Å². The summed E-state index contributed by atoms with van der Waals surface area (Å²) in [4.78, 5) is 4.30. The van der Waals surface area contributed by atoms with Crippen LogP contribution in [0.4, 0.5) is 0 Å². The van der Waals surface area contributed by atoms with Crippen molar-refractivity contribution in [1.82, 2.24) is 15.2 Å². The summed E-state index contributed by atoms with van der Waals surface area (Å²) in [6, 6.07) is 5.90. The molecule has 0 saturated carbocycles. The van der Waals surface area contributed by atoms with Crippen LogP contribution in [-0.4, -0.2) is 15.2 Å². The van der Waals surface area contributed by atoms with Crippen LogP contribution in [0.2, 0.25) is 0 Å². The lowest BCUT2D eigenvalue weighted by Crippen LogP contribution is -1.91. The lowest BCUT2D eigenvalue weighted by Gasteiger charge is -2.04. The van der Waals surface area contributed by atoms with Crippen molar-refractivity contribution in [1.29, 1.82) is 0 Å². The predicted molar refractivity (Wildman–Crippen MR) is 55.9 cm³/mol. The summed E-state index contributed by atoms with van der Waals surface area (Å²) in [5, 5.41) is 7.07. The lowest BCUT2D eigenvalue weighted by atomic mass is 10.0. The van der Waals surface area contributed by atoms with Crippen LogP contribution >= 0.6 is 0 Å². The van der Waals surface area contributed by atoms with Gasteiger partial charge in [0.25, 0.3) is 0 Å². The molecule has 0 aliphatic heterocycles. The first kappa shape index (κ1) is 8.94. The van der Waals surface area contributed by atoms with Gasteiger partial charge in [0.2, 0.25) is 0 Å². The van der Waals surface area contributed by atoms with Gasteiger partial charge in [-0.25, -0.2) is 0 Å². The molecule has 2 aromatic rings. The van der Waals surface area contributed by atoms with Crippen LogP contribution in [0.1, 0.15) is 25.5 Å². The van der Waals surface area contributed by atoms with Gasteiger partial charge in [-0.1, -0.05) is 19.9 Å². The van der Waals surface area contributed by atoms with Gasteiger partial charge in [-0.05, 0) is 18.1 Å². The molecule has 2 aromatic heterocycles. The number of pyridine rings is 1. The molecule has 0 unspecified atom stereocenters. The fourth-order valence-corrected chi connectivity index (χ4v) is 1.46. The van der Waals surface area contributed by atoms with Crippen LogP contribution in [0.5, 0.6) is 0 Å². The van der Waals surface area contributed by atoms with Crippen molar-refractivity contribution in [3.63, 3.8) is 0 Å². The Morgan fingerprint density at radius 3 is 2.79 bits per heavy atom.